The van der Waals surface area contributed by atoms with Gasteiger partial charge in [0, 0.05) is 0 Å². The summed E-state index contributed by atoms with van der Waals surface area (Å²) < 4.78 is 32.1. The Bertz CT molecular complexity index is 664. The predicted molar refractivity (Wildman–Crippen MR) is 71.7 cm³/mol. The van der Waals surface area contributed by atoms with Gasteiger partial charge < -0.3 is 9.72 Å². The first-order valence-electron chi connectivity index (χ1n) is 5.79. The second-order valence-corrected chi connectivity index (χ2v) is 5.52. The van der Waals surface area contributed by atoms with Gasteiger partial charge in [0.2, 0.25) is 0 Å². The molecule has 7 heteroatoms. The number of aromatic amines is 1. The van der Waals surface area contributed by atoms with E-state index < -0.39 is 10.0 Å². The van der Waals surface area contributed by atoms with Crippen LogP contribution in [0.2, 0.25) is 0 Å². The number of nitrogens with zero attached hydrogens (tertiary/aromatic N) is 1. The number of sulfonamides is 1. The Morgan fingerprint density at radius 3 is 2.74 bits per heavy atom. The third-order valence-corrected chi connectivity index (χ3v) is 3.68. The Kier molecular flexibility index (Phi) is 3.75. The molecular formula is C12H15N3O3S. The summed E-state index contributed by atoms with van der Waals surface area (Å²) in [5, 5.41) is 0.0244. The van der Waals surface area contributed by atoms with E-state index in [1.807, 2.05) is 6.92 Å². The summed E-state index contributed by atoms with van der Waals surface area (Å²) in [4.78, 5) is 6.56. The quantitative estimate of drug-likeness (QED) is 0.877. The van der Waals surface area contributed by atoms with Crippen molar-refractivity contribution in [3.8, 4) is 5.75 Å². The predicted octanol–water partition coefficient (Wildman–Crippen LogP) is 1.92. The van der Waals surface area contributed by atoms with Gasteiger partial charge in [0.25, 0.3) is 10.0 Å². The fourth-order valence-electron chi connectivity index (χ4n) is 1.57. The van der Waals surface area contributed by atoms with Crippen molar-refractivity contribution < 1.29 is 13.2 Å². The number of aromatic nitrogens is 2. The summed E-state index contributed by atoms with van der Waals surface area (Å²) in [5.41, 5.74) is 0.400. The number of anilines is 1. The van der Waals surface area contributed by atoms with Gasteiger partial charge in [0.1, 0.15) is 11.6 Å². The molecule has 0 aliphatic rings. The lowest BCUT2D eigenvalue weighted by Gasteiger charge is -2.11. The Morgan fingerprint density at radius 2 is 2.11 bits per heavy atom. The van der Waals surface area contributed by atoms with E-state index in [0.29, 0.717) is 23.9 Å². The molecule has 2 rings (SSSR count). The first kappa shape index (κ1) is 13.4. The third kappa shape index (κ3) is 3.05. The van der Waals surface area contributed by atoms with Crippen molar-refractivity contribution in [2.45, 2.75) is 18.9 Å². The molecular weight excluding hydrogens is 266 g/mol. The number of imidazole rings is 1. The number of para-hydroxylation sites is 2. The van der Waals surface area contributed by atoms with Crippen LogP contribution in [0, 0.1) is 6.92 Å². The van der Waals surface area contributed by atoms with Gasteiger partial charge in [-0.05, 0) is 26.0 Å². The van der Waals surface area contributed by atoms with Crippen molar-refractivity contribution in [2.24, 2.45) is 0 Å². The zero-order valence-electron chi connectivity index (χ0n) is 10.7. The van der Waals surface area contributed by atoms with Crippen LogP contribution in [-0.4, -0.2) is 25.0 Å². The number of hydrogen-bond donors (Lipinski definition) is 2. The fraction of sp³-hybridized carbons (Fsp3) is 0.250. The number of ether oxygens (including phenoxy) is 1. The Labute approximate surface area is 111 Å². The molecule has 0 spiro atoms. The van der Waals surface area contributed by atoms with E-state index >= 15 is 0 Å². The normalized spacial score (nSPS) is 11.3. The molecule has 1 heterocycles. The minimum atomic E-state index is -3.68. The number of benzene rings is 1. The number of nitrogens with one attached hydrogen (secondary N) is 2. The molecule has 2 aromatic rings. The smallest absolute Gasteiger partial charge is 0.279 e. The summed E-state index contributed by atoms with van der Waals surface area (Å²) in [6.45, 7) is 3.98. The maximum absolute atomic E-state index is 12.1. The highest BCUT2D eigenvalue weighted by Crippen LogP contribution is 2.26. The number of H-pyrrole nitrogens is 1. The highest BCUT2D eigenvalue weighted by atomic mass is 32.2. The van der Waals surface area contributed by atoms with E-state index in [4.69, 9.17) is 4.74 Å². The van der Waals surface area contributed by atoms with Crippen LogP contribution < -0.4 is 9.46 Å². The first-order chi connectivity index (χ1) is 9.03. The maximum Gasteiger partial charge on any atom is 0.279 e. The van der Waals surface area contributed by atoms with Crippen molar-refractivity contribution in [2.75, 3.05) is 11.3 Å². The van der Waals surface area contributed by atoms with Crippen LogP contribution in [0.4, 0.5) is 5.69 Å². The highest BCUT2D eigenvalue weighted by Gasteiger charge is 2.18. The van der Waals surface area contributed by atoms with Gasteiger partial charge in [-0.25, -0.2) is 4.98 Å². The summed E-state index contributed by atoms with van der Waals surface area (Å²) in [5.74, 6) is 1.03. The molecule has 1 aromatic heterocycles. The molecule has 0 atom stereocenters. The molecule has 0 radical (unpaired) electrons. The van der Waals surface area contributed by atoms with Gasteiger partial charge in [-0.3, -0.25) is 4.72 Å². The lowest BCUT2D eigenvalue weighted by atomic mass is 10.3. The van der Waals surface area contributed by atoms with Crippen LogP contribution in [-0.2, 0) is 10.0 Å². The van der Waals surface area contributed by atoms with Gasteiger partial charge >= 0.3 is 0 Å². The van der Waals surface area contributed by atoms with Crippen molar-refractivity contribution in [1.29, 1.82) is 0 Å². The Morgan fingerprint density at radius 1 is 1.37 bits per heavy atom. The molecule has 0 bridgehead atoms. The standard InChI is InChI=1S/C12H15N3O3S/c1-3-18-11-7-5-4-6-10(11)15-19(16,17)12-8-13-9(2)14-12/h4-8,15H,3H2,1-2H3,(H,13,14). The Hall–Kier alpha value is -2.02. The maximum atomic E-state index is 12.1. The third-order valence-electron chi connectivity index (χ3n) is 2.40. The van der Waals surface area contributed by atoms with Crippen molar-refractivity contribution in [3.05, 3.63) is 36.3 Å². The molecule has 2 N–H and O–H groups in total. The van der Waals surface area contributed by atoms with Crippen LogP contribution >= 0.6 is 0 Å². The fourth-order valence-corrected chi connectivity index (χ4v) is 2.61. The summed E-state index contributed by atoms with van der Waals surface area (Å²) in [7, 11) is -3.68. The lowest BCUT2D eigenvalue weighted by molar-refractivity contribution is 0.342. The second-order valence-electron chi connectivity index (χ2n) is 3.87. The van der Waals surface area contributed by atoms with E-state index in [1.54, 1.807) is 31.2 Å². The molecule has 19 heavy (non-hydrogen) atoms. The molecule has 0 amide bonds. The molecule has 0 aliphatic heterocycles. The van der Waals surface area contributed by atoms with E-state index in [2.05, 4.69) is 14.7 Å². The molecule has 6 nitrogen and oxygen atoms in total. The van der Waals surface area contributed by atoms with Crippen molar-refractivity contribution in [3.63, 3.8) is 0 Å². The highest BCUT2D eigenvalue weighted by molar-refractivity contribution is 7.92. The van der Waals surface area contributed by atoms with Gasteiger partial charge in [0.05, 0.1) is 18.5 Å². The molecule has 0 aliphatic carbocycles. The summed E-state index contributed by atoms with van der Waals surface area (Å²) >= 11 is 0. The van der Waals surface area contributed by atoms with Crippen molar-refractivity contribution >= 4 is 15.7 Å². The molecule has 102 valence electrons. The summed E-state index contributed by atoms with van der Waals surface area (Å²) in [6, 6.07) is 6.87. The lowest BCUT2D eigenvalue weighted by Crippen LogP contribution is -2.14. The number of rotatable bonds is 5. The average Bonchev–Trinajstić information content (AvgIpc) is 2.79. The topological polar surface area (TPSA) is 84.1 Å². The largest absolute Gasteiger partial charge is 0.492 e. The van der Waals surface area contributed by atoms with Gasteiger partial charge in [0.15, 0.2) is 5.03 Å². The minimum absolute atomic E-state index is 0.0244. The van der Waals surface area contributed by atoms with Crippen LogP contribution in [0.5, 0.6) is 5.75 Å². The number of aryl methyl sites for hydroxylation is 1. The van der Waals surface area contributed by atoms with Crippen LogP contribution in [0.3, 0.4) is 0 Å². The zero-order chi connectivity index (χ0) is 13.9. The average molecular weight is 281 g/mol. The van der Waals surface area contributed by atoms with Crippen LogP contribution in [0.15, 0.2) is 35.5 Å². The van der Waals surface area contributed by atoms with Crippen LogP contribution in [0.1, 0.15) is 12.7 Å². The summed E-state index contributed by atoms with van der Waals surface area (Å²) in [6.07, 6.45) is 1.28. The zero-order valence-corrected chi connectivity index (χ0v) is 11.5. The van der Waals surface area contributed by atoms with Gasteiger partial charge in [-0.15, -0.1) is 0 Å². The second kappa shape index (κ2) is 5.31. The number of hydrogen-bond acceptors (Lipinski definition) is 4. The molecule has 1 aromatic carbocycles. The van der Waals surface area contributed by atoms with E-state index in [0.717, 1.165) is 0 Å². The van der Waals surface area contributed by atoms with E-state index in [1.165, 1.54) is 6.20 Å². The SMILES string of the molecule is CCOc1ccccc1NS(=O)(=O)c1cnc(C)[nH]1. The first-order valence-corrected chi connectivity index (χ1v) is 7.27. The molecule has 0 unspecified atom stereocenters. The van der Waals surface area contributed by atoms with Crippen LogP contribution in [0.25, 0.3) is 0 Å². The molecule has 0 fully saturated rings. The van der Waals surface area contributed by atoms with Gasteiger partial charge in [-0.1, -0.05) is 12.1 Å². The molecule has 0 saturated heterocycles. The Balaban J connectivity index is 2.30. The van der Waals surface area contributed by atoms with E-state index in [9.17, 15) is 8.42 Å². The molecule has 0 saturated carbocycles. The minimum Gasteiger partial charge on any atom is -0.492 e. The van der Waals surface area contributed by atoms with Crippen molar-refractivity contribution in [1.82, 2.24) is 9.97 Å². The van der Waals surface area contributed by atoms with E-state index in [-0.39, 0.29) is 5.03 Å². The van der Waals surface area contributed by atoms with Gasteiger partial charge in [-0.2, -0.15) is 8.42 Å². The monoisotopic (exact) mass is 281 g/mol.